The molecule has 0 unspecified atom stereocenters. The highest BCUT2D eigenvalue weighted by atomic mass is 16.4. The lowest BCUT2D eigenvalue weighted by Gasteiger charge is -2.24. The molecule has 5 nitrogen and oxygen atoms in total. The van der Waals surface area contributed by atoms with Crippen LogP contribution in [0, 0.1) is 0 Å². The van der Waals surface area contributed by atoms with Crippen LogP contribution in [0.2, 0.25) is 0 Å². The highest BCUT2D eigenvalue weighted by Gasteiger charge is 2.16. The van der Waals surface area contributed by atoms with Crippen molar-refractivity contribution >= 4 is 22.6 Å². The van der Waals surface area contributed by atoms with Gasteiger partial charge in [-0.25, -0.2) is 4.79 Å². The summed E-state index contributed by atoms with van der Waals surface area (Å²) in [4.78, 5) is 24.7. The molecule has 0 bridgehead atoms. The molecule has 0 aliphatic carbocycles. The van der Waals surface area contributed by atoms with Crippen molar-refractivity contribution < 1.29 is 14.3 Å². The minimum Gasteiger partial charge on any atom is -0.480 e. The highest BCUT2D eigenvalue weighted by Crippen LogP contribution is 2.26. The molecule has 0 amide bonds. The van der Waals surface area contributed by atoms with E-state index in [1.807, 2.05) is 42.5 Å². The lowest BCUT2D eigenvalue weighted by Crippen LogP contribution is -2.30. The molecule has 2 aromatic carbocycles. The van der Waals surface area contributed by atoms with E-state index in [4.69, 9.17) is 4.42 Å². The topological polar surface area (TPSA) is 70.8 Å². The zero-order valence-corrected chi connectivity index (χ0v) is 12.3. The molecule has 0 fully saturated rings. The van der Waals surface area contributed by atoms with E-state index in [0.717, 1.165) is 5.56 Å². The lowest BCUT2D eigenvalue weighted by molar-refractivity contribution is -0.135. The maximum Gasteiger partial charge on any atom is 0.338 e. The number of nitrogens with zero attached hydrogens (tertiary/aromatic N) is 1. The van der Waals surface area contributed by atoms with Gasteiger partial charge < -0.3 is 14.4 Å². The third kappa shape index (κ3) is 3.40. The Hall–Kier alpha value is -3.08. The van der Waals surface area contributed by atoms with Crippen molar-refractivity contribution in [1.82, 2.24) is 0 Å². The predicted molar refractivity (Wildman–Crippen MR) is 87.6 cm³/mol. The third-order valence-corrected chi connectivity index (χ3v) is 3.51. The average molecular weight is 309 g/mol. The van der Waals surface area contributed by atoms with E-state index in [-0.39, 0.29) is 6.54 Å². The van der Waals surface area contributed by atoms with Gasteiger partial charge in [0.25, 0.3) is 0 Å². The Morgan fingerprint density at radius 1 is 1.04 bits per heavy atom. The molecule has 1 aromatic heterocycles. The first kappa shape index (κ1) is 14.8. The van der Waals surface area contributed by atoms with E-state index in [9.17, 15) is 14.7 Å². The first-order valence-corrected chi connectivity index (χ1v) is 7.17. The van der Waals surface area contributed by atoms with Gasteiger partial charge in [0.1, 0.15) is 12.1 Å². The van der Waals surface area contributed by atoms with Gasteiger partial charge in [-0.1, -0.05) is 42.5 Å². The van der Waals surface area contributed by atoms with Gasteiger partial charge in [-0.2, -0.15) is 0 Å². The second-order valence-electron chi connectivity index (χ2n) is 5.18. The normalized spacial score (nSPS) is 10.6. The SMILES string of the molecule is O=C(O)CN(Cc1ccccc1)c1cc(=O)oc2ccccc12. The fourth-order valence-electron chi connectivity index (χ4n) is 2.55. The standard InChI is InChI=1S/C18H15NO4/c20-17(21)12-19(11-13-6-2-1-3-7-13)15-10-18(22)23-16-9-5-4-8-14(15)16/h1-10H,11-12H2,(H,20,21). The minimum atomic E-state index is -0.960. The number of carboxylic acid groups (broad SMARTS) is 1. The number of carbonyl (C=O) groups is 1. The summed E-state index contributed by atoms with van der Waals surface area (Å²) in [5.74, 6) is -0.960. The van der Waals surface area contributed by atoms with Crippen LogP contribution in [-0.4, -0.2) is 17.6 Å². The van der Waals surface area contributed by atoms with Crippen LogP contribution in [0.15, 0.2) is 69.9 Å². The molecule has 23 heavy (non-hydrogen) atoms. The molecule has 0 saturated heterocycles. The van der Waals surface area contributed by atoms with Gasteiger partial charge in [-0.3, -0.25) is 4.79 Å². The summed E-state index contributed by atoms with van der Waals surface area (Å²) in [5.41, 5.74) is 1.47. The van der Waals surface area contributed by atoms with Crippen LogP contribution in [0.1, 0.15) is 5.56 Å². The summed E-state index contributed by atoms with van der Waals surface area (Å²) in [6.07, 6.45) is 0. The van der Waals surface area contributed by atoms with Gasteiger partial charge in [0.15, 0.2) is 0 Å². The lowest BCUT2D eigenvalue weighted by atomic mass is 10.1. The quantitative estimate of drug-likeness (QED) is 0.734. The number of hydrogen-bond donors (Lipinski definition) is 1. The molecular weight excluding hydrogens is 294 g/mol. The molecule has 3 rings (SSSR count). The van der Waals surface area contributed by atoms with Gasteiger partial charge in [0, 0.05) is 18.0 Å². The molecule has 0 aliphatic heterocycles. The molecule has 1 heterocycles. The minimum absolute atomic E-state index is 0.206. The maximum atomic E-state index is 11.8. The Labute approximate surface area is 132 Å². The van der Waals surface area contributed by atoms with Crippen LogP contribution >= 0.6 is 0 Å². The molecule has 116 valence electrons. The number of benzene rings is 2. The van der Waals surface area contributed by atoms with Gasteiger partial charge in [0.05, 0.1) is 5.69 Å². The van der Waals surface area contributed by atoms with Crippen LogP contribution in [-0.2, 0) is 11.3 Å². The largest absolute Gasteiger partial charge is 0.480 e. The van der Waals surface area contributed by atoms with Gasteiger partial charge >= 0.3 is 11.6 Å². The third-order valence-electron chi connectivity index (χ3n) is 3.51. The van der Waals surface area contributed by atoms with E-state index in [1.165, 1.54) is 6.07 Å². The number of carboxylic acids is 1. The van der Waals surface area contributed by atoms with Crippen molar-refractivity contribution in [1.29, 1.82) is 0 Å². The van der Waals surface area contributed by atoms with Crippen molar-refractivity contribution in [3.63, 3.8) is 0 Å². The number of para-hydroxylation sites is 1. The fourth-order valence-corrected chi connectivity index (χ4v) is 2.55. The summed E-state index contributed by atoms with van der Waals surface area (Å²) in [6, 6.07) is 18.0. The Bertz CT molecular complexity index is 886. The zero-order chi connectivity index (χ0) is 16.2. The average Bonchev–Trinajstić information content (AvgIpc) is 2.54. The summed E-state index contributed by atoms with van der Waals surface area (Å²) in [6.45, 7) is 0.183. The van der Waals surface area contributed by atoms with Crippen LogP contribution in [0.4, 0.5) is 5.69 Å². The van der Waals surface area contributed by atoms with E-state index >= 15 is 0 Å². The Balaban J connectivity index is 2.09. The predicted octanol–water partition coefficient (Wildman–Crippen LogP) is 2.88. The second kappa shape index (κ2) is 6.36. The van der Waals surface area contributed by atoms with Crippen LogP contribution in [0.25, 0.3) is 11.0 Å². The van der Waals surface area contributed by atoms with Gasteiger partial charge in [-0.15, -0.1) is 0 Å². The molecule has 5 heteroatoms. The summed E-state index contributed by atoms with van der Waals surface area (Å²) < 4.78 is 5.18. The zero-order valence-electron chi connectivity index (χ0n) is 12.3. The number of aliphatic carboxylic acids is 1. The first-order valence-electron chi connectivity index (χ1n) is 7.17. The summed E-state index contributed by atoms with van der Waals surface area (Å²) >= 11 is 0. The molecule has 0 aliphatic rings. The van der Waals surface area contributed by atoms with Crippen molar-refractivity contribution in [3.05, 3.63) is 76.6 Å². The van der Waals surface area contributed by atoms with E-state index in [1.54, 1.807) is 17.0 Å². The Morgan fingerprint density at radius 2 is 1.74 bits per heavy atom. The van der Waals surface area contributed by atoms with Gasteiger partial charge in [-0.05, 0) is 17.7 Å². The Morgan fingerprint density at radius 3 is 2.48 bits per heavy atom. The number of fused-ring (bicyclic) bond motifs is 1. The molecule has 3 aromatic rings. The first-order chi connectivity index (χ1) is 11.1. The molecule has 0 radical (unpaired) electrons. The van der Waals surface area contributed by atoms with E-state index < -0.39 is 11.6 Å². The van der Waals surface area contributed by atoms with Crippen LogP contribution < -0.4 is 10.5 Å². The monoisotopic (exact) mass is 309 g/mol. The van der Waals surface area contributed by atoms with Crippen molar-refractivity contribution in [3.8, 4) is 0 Å². The smallest absolute Gasteiger partial charge is 0.338 e. The molecular formula is C18H15NO4. The number of rotatable bonds is 5. The van der Waals surface area contributed by atoms with Gasteiger partial charge in [0.2, 0.25) is 0 Å². The number of hydrogen-bond acceptors (Lipinski definition) is 4. The van der Waals surface area contributed by atoms with Crippen molar-refractivity contribution in [2.24, 2.45) is 0 Å². The number of anilines is 1. The fraction of sp³-hybridized carbons (Fsp3) is 0.111. The summed E-state index contributed by atoms with van der Waals surface area (Å²) in [5, 5.41) is 9.93. The molecule has 1 N–H and O–H groups in total. The maximum absolute atomic E-state index is 11.8. The molecule has 0 saturated carbocycles. The highest BCUT2D eigenvalue weighted by molar-refractivity contribution is 5.91. The van der Waals surface area contributed by atoms with E-state index in [2.05, 4.69) is 0 Å². The van der Waals surface area contributed by atoms with Crippen LogP contribution in [0.5, 0.6) is 0 Å². The van der Waals surface area contributed by atoms with Crippen molar-refractivity contribution in [2.45, 2.75) is 6.54 Å². The summed E-state index contributed by atoms with van der Waals surface area (Å²) in [7, 11) is 0. The van der Waals surface area contributed by atoms with E-state index in [0.29, 0.717) is 23.2 Å². The second-order valence-corrected chi connectivity index (χ2v) is 5.18. The Kier molecular flexibility index (Phi) is 4.10. The molecule has 0 spiro atoms. The van der Waals surface area contributed by atoms with Crippen LogP contribution in [0.3, 0.4) is 0 Å². The van der Waals surface area contributed by atoms with Crippen molar-refractivity contribution in [2.75, 3.05) is 11.4 Å². The molecule has 0 atom stereocenters.